The Bertz CT molecular complexity index is 1250. The van der Waals surface area contributed by atoms with Gasteiger partial charge in [-0.25, -0.2) is 14.2 Å². The molecule has 0 saturated carbocycles. The molecule has 1 aromatic heterocycles. The Balaban J connectivity index is 1.67. The topological polar surface area (TPSA) is 101 Å². The molecule has 2 aromatic carbocycles. The summed E-state index contributed by atoms with van der Waals surface area (Å²) in [5.41, 5.74) is 0.590. The van der Waals surface area contributed by atoms with Crippen molar-refractivity contribution in [1.82, 2.24) is 4.98 Å². The summed E-state index contributed by atoms with van der Waals surface area (Å²) in [5.74, 6) is -1.35. The third kappa shape index (κ3) is 7.47. The molecule has 3 rings (SSSR count). The van der Waals surface area contributed by atoms with Crippen molar-refractivity contribution < 1.29 is 23.5 Å². The van der Waals surface area contributed by atoms with E-state index in [1.807, 2.05) is 18.2 Å². The summed E-state index contributed by atoms with van der Waals surface area (Å²) in [5, 5.41) is 7.12. The molecule has 0 aliphatic rings. The second-order valence-electron chi connectivity index (χ2n) is 8.39. The molecule has 3 aromatic rings. The Hall–Kier alpha value is -4.05. The van der Waals surface area contributed by atoms with Gasteiger partial charge in [0.2, 0.25) is 11.8 Å². The molecule has 0 radical (unpaired) electrons. The van der Waals surface area contributed by atoms with Crippen LogP contribution in [0, 0.1) is 5.82 Å². The minimum absolute atomic E-state index is 0.129. The van der Waals surface area contributed by atoms with Gasteiger partial charge in [0.1, 0.15) is 11.4 Å². The lowest BCUT2D eigenvalue weighted by Gasteiger charge is -2.20. The maximum Gasteiger partial charge on any atom is 0.412 e. The van der Waals surface area contributed by atoms with Crippen LogP contribution in [0.4, 0.5) is 31.4 Å². The van der Waals surface area contributed by atoms with Gasteiger partial charge in [-0.15, -0.1) is 11.3 Å². The number of nitrogens with zero attached hydrogens (tertiary/aromatic N) is 2. The maximum absolute atomic E-state index is 14.1. The first-order valence-electron chi connectivity index (χ1n) is 10.6. The summed E-state index contributed by atoms with van der Waals surface area (Å²) in [6, 6.07) is 12.9. The van der Waals surface area contributed by atoms with E-state index in [1.54, 1.807) is 38.3 Å². The lowest BCUT2D eigenvalue weighted by molar-refractivity contribution is -0.116. The van der Waals surface area contributed by atoms with Gasteiger partial charge in [-0.2, -0.15) is 0 Å². The molecular formula is C25H25FN4O4S. The second kappa shape index (κ2) is 10.9. The van der Waals surface area contributed by atoms with Crippen molar-refractivity contribution in [2.45, 2.75) is 33.3 Å². The van der Waals surface area contributed by atoms with Crippen molar-refractivity contribution >= 4 is 57.5 Å². The zero-order valence-electron chi connectivity index (χ0n) is 19.7. The third-order valence-electron chi connectivity index (χ3n) is 4.31. The van der Waals surface area contributed by atoms with Gasteiger partial charge < -0.3 is 10.1 Å². The molecule has 0 spiro atoms. The summed E-state index contributed by atoms with van der Waals surface area (Å²) < 4.78 is 19.2. The zero-order chi connectivity index (χ0) is 25.6. The van der Waals surface area contributed by atoms with Crippen LogP contribution in [0.5, 0.6) is 0 Å². The highest BCUT2D eigenvalue weighted by Crippen LogP contribution is 2.29. The number of anilines is 4. The molecule has 2 N–H and O–H groups in total. The zero-order valence-corrected chi connectivity index (χ0v) is 20.5. The highest BCUT2D eigenvalue weighted by atomic mass is 32.1. The molecule has 0 unspecified atom stereocenters. The van der Waals surface area contributed by atoms with E-state index in [0.29, 0.717) is 16.5 Å². The van der Waals surface area contributed by atoms with Crippen LogP contribution in [0.25, 0.3) is 6.08 Å². The van der Waals surface area contributed by atoms with Crippen molar-refractivity contribution in [3.63, 3.8) is 0 Å². The Morgan fingerprint density at radius 3 is 2.46 bits per heavy atom. The van der Waals surface area contributed by atoms with Gasteiger partial charge in [-0.3, -0.25) is 19.8 Å². The van der Waals surface area contributed by atoms with E-state index in [-0.39, 0.29) is 17.3 Å². The number of carbonyl (C=O) groups is 3. The first-order valence-corrected chi connectivity index (χ1v) is 11.5. The number of nitrogens with one attached hydrogen (secondary N) is 2. The first kappa shape index (κ1) is 25.6. The van der Waals surface area contributed by atoms with Crippen molar-refractivity contribution in [1.29, 1.82) is 0 Å². The van der Waals surface area contributed by atoms with Crippen LogP contribution in [0.15, 0.2) is 60.0 Å². The van der Waals surface area contributed by atoms with Gasteiger partial charge in [0.25, 0.3) is 0 Å². The van der Waals surface area contributed by atoms with Crippen molar-refractivity contribution in [3.05, 3.63) is 71.5 Å². The van der Waals surface area contributed by atoms with E-state index >= 15 is 0 Å². The number of hydrogen-bond donors (Lipinski definition) is 2. The number of benzene rings is 2. The Labute approximate surface area is 206 Å². The molecule has 0 saturated heterocycles. The fourth-order valence-electron chi connectivity index (χ4n) is 2.92. The Morgan fingerprint density at radius 2 is 1.80 bits per heavy atom. The average molecular weight is 497 g/mol. The van der Waals surface area contributed by atoms with Crippen LogP contribution in [-0.4, -0.2) is 28.5 Å². The van der Waals surface area contributed by atoms with Crippen LogP contribution >= 0.6 is 11.3 Å². The van der Waals surface area contributed by atoms with Gasteiger partial charge in [0, 0.05) is 24.1 Å². The van der Waals surface area contributed by atoms with Gasteiger partial charge in [0.15, 0.2) is 5.13 Å². The normalized spacial score (nSPS) is 11.2. The lowest BCUT2D eigenvalue weighted by atomic mass is 10.2. The Morgan fingerprint density at radius 1 is 1.09 bits per heavy atom. The molecule has 10 heteroatoms. The van der Waals surface area contributed by atoms with Crippen molar-refractivity contribution in [2.75, 3.05) is 15.5 Å². The van der Waals surface area contributed by atoms with Crippen LogP contribution in [0.2, 0.25) is 0 Å². The van der Waals surface area contributed by atoms with Crippen molar-refractivity contribution in [2.24, 2.45) is 0 Å². The maximum atomic E-state index is 14.1. The predicted molar refractivity (Wildman–Crippen MR) is 135 cm³/mol. The Kier molecular flexibility index (Phi) is 7.98. The molecule has 182 valence electrons. The van der Waals surface area contributed by atoms with Gasteiger partial charge in [0.05, 0.1) is 17.1 Å². The standard InChI is InChI=1S/C25H25FN4O4S/c1-16(31)30(19-8-6-5-7-9-19)23-28-18(15-35-23)11-13-22(32)27-17-10-12-20(26)21(14-17)29-24(33)34-25(2,3)4/h5-15H,1-4H3,(H,27,32)(H,29,33)/b13-11+. The van der Waals surface area contributed by atoms with Gasteiger partial charge >= 0.3 is 6.09 Å². The SMILES string of the molecule is CC(=O)N(c1ccccc1)c1nc(/C=C/C(=O)Nc2ccc(F)c(NC(=O)OC(C)(C)C)c2)cs1. The van der Waals surface area contributed by atoms with Crippen LogP contribution < -0.4 is 15.5 Å². The second-order valence-corrected chi connectivity index (χ2v) is 9.23. The fourth-order valence-corrected chi connectivity index (χ4v) is 3.77. The third-order valence-corrected chi connectivity index (χ3v) is 5.15. The molecule has 0 bridgehead atoms. The van der Waals surface area contributed by atoms with Gasteiger partial charge in [-0.1, -0.05) is 18.2 Å². The summed E-state index contributed by atoms with van der Waals surface area (Å²) in [4.78, 5) is 42.4. The molecular weight excluding hydrogens is 471 g/mol. The number of hydrogen-bond acceptors (Lipinski definition) is 6. The smallest absolute Gasteiger partial charge is 0.412 e. The van der Waals surface area contributed by atoms with E-state index in [0.717, 1.165) is 6.07 Å². The number of halogens is 1. The van der Waals surface area contributed by atoms with E-state index in [4.69, 9.17) is 4.74 Å². The lowest BCUT2D eigenvalue weighted by Crippen LogP contribution is -2.27. The quantitative estimate of drug-likeness (QED) is 0.410. The number of thiazole rings is 1. The summed E-state index contributed by atoms with van der Waals surface area (Å²) in [7, 11) is 0. The number of ether oxygens (including phenoxy) is 1. The fraction of sp³-hybridized carbons (Fsp3) is 0.200. The van der Waals surface area contributed by atoms with Gasteiger partial charge in [-0.05, 0) is 57.2 Å². The van der Waals surface area contributed by atoms with Crippen LogP contribution in [0.1, 0.15) is 33.4 Å². The molecule has 0 aliphatic heterocycles. The number of amides is 3. The predicted octanol–water partition coefficient (Wildman–Crippen LogP) is 5.97. The molecule has 1 heterocycles. The van der Waals surface area contributed by atoms with Crippen LogP contribution in [0.3, 0.4) is 0 Å². The molecule has 0 aliphatic carbocycles. The largest absolute Gasteiger partial charge is 0.444 e. The first-order chi connectivity index (χ1) is 16.5. The number of aromatic nitrogens is 1. The number of carbonyl (C=O) groups excluding carboxylic acids is 3. The monoisotopic (exact) mass is 496 g/mol. The number of rotatable bonds is 6. The highest BCUT2D eigenvalue weighted by Gasteiger charge is 2.18. The van der Waals surface area contributed by atoms with E-state index < -0.39 is 23.4 Å². The summed E-state index contributed by atoms with van der Waals surface area (Å²) >= 11 is 1.27. The molecule has 3 amide bonds. The minimum atomic E-state index is -0.811. The average Bonchev–Trinajstić information content (AvgIpc) is 3.22. The van der Waals surface area contributed by atoms with E-state index in [9.17, 15) is 18.8 Å². The molecule has 0 fully saturated rings. The molecule has 35 heavy (non-hydrogen) atoms. The van der Waals surface area contributed by atoms with E-state index in [2.05, 4.69) is 15.6 Å². The van der Waals surface area contributed by atoms with Crippen molar-refractivity contribution in [3.8, 4) is 0 Å². The summed E-state index contributed by atoms with van der Waals surface area (Å²) in [6.07, 6.45) is 1.96. The highest BCUT2D eigenvalue weighted by molar-refractivity contribution is 7.14. The minimum Gasteiger partial charge on any atom is -0.444 e. The number of para-hydroxylation sites is 1. The molecule has 0 atom stereocenters. The van der Waals surface area contributed by atoms with E-state index in [1.165, 1.54) is 47.4 Å². The summed E-state index contributed by atoms with van der Waals surface area (Å²) in [6.45, 7) is 6.52. The van der Waals surface area contributed by atoms with Crippen LogP contribution in [-0.2, 0) is 14.3 Å². The molecule has 8 nitrogen and oxygen atoms in total.